The van der Waals surface area contributed by atoms with E-state index in [-0.39, 0.29) is 5.56 Å². The van der Waals surface area contributed by atoms with E-state index in [1.807, 2.05) is 18.4 Å². The number of nitrogens with zero attached hydrogens (tertiary/aromatic N) is 2. The maximum Gasteiger partial charge on any atom is 0.255 e. The molecule has 2 heterocycles. The molecule has 0 aromatic carbocycles. The molecule has 0 amide bonds. The lowest BCUT2D eigenvalue weighted by Crippen LogP contribution is -2.26. The molecule has 0 bridgehead atoms. The van der Waals surface area contributed by atoms with Gasteiger partial charge in [-0.05, 0) is 51.9 Å². The Hall–Kier alpha value is -1.46. The zero-order valence-corrected chi connectivity index (χ0v) is 14.4. The number of pyridine rings is 1. The largest absolute Gasteiger partial charge is 0.312 e. The van der Waals surface area contributed by atoms with Gasteiger partial charge in [0.25, 0.3) is 5.56 Å². The van der Waals surface area contributed by atoms with Crippen LogP contribution in [-0.2, 0) is 24.3 Å². The molecule has 3 rings (SSSR count). The number of hydroxylamine groups is 1. The maximum absolute atomic E-state index is 12.6. The van der Waals surface area contributed by atoms with Crippen LogP contribution in [0, 0.1) is 12.8 Å². The first kappa shape index (κ1) is 16.4. The highest BCUT2D eigenvalue weighted by Gasteiger charge is 2.24. The summed E-state index contributed by atoms with van der Waals surface area (Å²) in [6.45, 7) is 8.21. The van der Waals surface area contributed by atoms with Gasteiger partial charge in [-0.15, -0.1) is 0 Å². The topological polar surface area (TPSA) is 55.6 Å². The number of nitrogens with one attached hydrogen (secondary N) is 1. The van der Waals surface area contributed by atoms with Gasteiger partial charge in [-0.1, -0.05) is 6.92 Å². The average molecular weight is 317 g/mol. The molecule has 5 nitrogen and oxygen atoms in total. The minimum atomic E-state index is 0.114. The fourth-order valence-electron chi connectivity index (χ4n) is 3.07. The van der Waals surface area contributed by atoms with E-state index in [4.69, 9.17) is 9.83 Å². The van der Waals surface area contributed by atoms with Crippen molar-refractivity contribution >= 4 is 11.4 Å². The van der Waals surface area contributed by atoms with Gasteiger partial charge in [0.15, 0.2) is 0 Å². The lowest BCUT2D eigenvalue weighted by Gasteiger charge is -2.16. The molecule has 1 fully saturated rings. The molecule has 1 aliphatic carbocycles. The zero-order chi connectivity index (χ0) is 16.4. The molecule has 0 unspecified atom stereocenters. The molecule has 1 aromatic heterocycles. The van der Waals surface area contributed by atoms with Gasteiger partial charge < -0.3 is 9.40 Å². The van der Waals surface area contributed by atoms with Crippen molar-refractivity contribution in [2.24, 2.45) is 10.9 Å². The smallest absolute Gasteiger partial charge is 0.255 e. The van der Waals surface area contributed by atoms with Crippen LogP contribution in [0.1, 0.15) is 56.4 Å². The number of aromatic nitrogens is 1. The van der Waals surface area contributed by atoms with Gasteiger partial charge in [0.1, 0.15) is 0 Å². The Morgan fingerprint density at radius 2 is 2.22 bits per heavy atom. The van der Waals surface area contributed by atoms with Crippen LogP contribution in [0.5, 0.6) is 0 Å². The monoisotopic (exact) mass is 317 g/mol. The Labute approximate surface area is 137 Å². The Kier molecular flexibility index (Phi) is 4.97. The first-order valence-electron chi connectivity index (χ1n) is 8.75. The van der Waals surface area contributed by atoms with Crippen molar-refractivity contribution in [3.05, 3.63) is 27.2 Å². The molecule has 126 valence electrons. The van der Waals surface area contributed by atoms with Crippen molar-refractivity contribution < 1.29 is 4.84 Å². The molecule has 1 aromatic rings. The predicted molar refractivity (Wildman–Crippen MR) is 92.3 cm³/mol. The molecule has 5 heteroatoms. The molecule has 1 saturated carbocycles. The van der Waals surface area contributed by atoms with Gasteiger partial charge in [0.2, 0.25) is 0 Å². The SMILES string of the molecule is CCC(C)=Nc1c(CNOCC2CC2)c2n(c(=O)c1C)CCC2. The van der Waals surface area contributed by atoms with E-state index >= 15 is 0 Å². The van der Waals surface area contributed by atoms with Crippen molar-refractivity contribution in [1.29, 1.82) is 0 Å². The lowest BCUT2D eigenvalue weighted by molar-refractivity contribution is 0.0293. The van der Waals surface area contributed by atoms with Crippen LogP contribution in [0.3, 0.4) is 0 Å². The molecular weight excluding hydrogens is 290 g/mol. The number of hydrogen-bond donors (Lipinski definition) is 1. The van der Waals surface area contributed by atoms with Gasteiger partial charge >= 0.3 is 0 Å². The van der Waals surface area contributed by atoms with Crippen LogP contribution in [-0.4, -0.2) is 16.9 Å². The molecule has 23 heavy (non-hydrogen) atoms. The van der Waals surface area contributed by atoms with E-state index in [9.17, 15) is 4.79 Å². The second-order valence-electron chi connectivity index (χ2n) is 6.74. The molecule has 1 N–H and O–H groups in total. The van der Waals surface area contributed by atoms with Crippen molar-refractivity contribution in [3.63, 3.8) is 0 Å². The number of aliphatic imine (C=N–C) groups is 1. The molecule has 0 radical (unpaired) electrons. The van der Waals surface area contributed by atoms with E-state index in [2.05, 4.69) is 12.4 Å². The van der Waals surface area contributed by atoms with E-state index < -0.39 is 0 Å². The van der Waals surface area contributed by atoms with Crippen LogP contribution in [0.15, 0.2) is 9.79 Å². The van der Waals surface area contributed by atoms with E-state index in [1.54, 1.807) is 0 Å². The standard InChI is InChI=1S/C18H27N3O2/c1-4-12(2)20-17-13(3)18(22)21-9-5-6-16(21)15(17)10-19-23-11-14-7-8-14/h14,19H,4-11H2,1-3H3. The maximum atomic E-state index is 12.6. The number of rotatable bonds is 7. The van der Waals surface area contributed by atoms with Gasteiger partial charge in [-0.25, -0.2) is 0 Å². The van der Waals surface area contributed by atoms with Crippen LogP contribution >= 0.6 is 0 Å². The third-order valence-corrected chi connectivity index (χ3v) is 4.86. The Morgan fingerprint density at radius 1 is 1.43 bits per heavy atom. The summed E-state index contributed by atoms with van der Waals surface area (Å²) in [6.07, 6.45) is 5.43. The summed E-state index contributed by atoms with van der Waals surface area (Å²) in [4.78, 5) is 22.9. The van der Waals surface area contributed by atoms with Gasteiger partial charge in [-0.3, -0.25) is 9.79 Å². The van der Waals surface area contributed by atoms with Crippen LogP contribution in [0.2, 0.25) is 0 Å². The summed E-state index contributed by atoms with van der Waals surface area (Å²) >= 11 is 0. The molecule has 1 aliphatic heterocycles. The van der Waals surface area contributed by atoms with Gasteiger partial charge in [0, 0.05) is 35.6 Å². The van der Waals surface area contributed by atoms with Crippen molar-refractivity contribution in [2.75, 3.05) is 6.61 Å². The molecular formula is C18H27N3O2. The fourth-order valence-corrected chi connectivity index (χ4v) is 3.07. The van der Waals surface area contributed by atoms with Crippen molar-refractivity contribution in [3.8, 4) is 0 Å². The highest BCUT2D eigenvalue weighted by atomic mass is 16.6. The molecule has 0 atom stereocenters. The summed E-state index contributed by atoms with van der Waals surface area (Å²) < 4.78 is 1.92. The highest BCUT2D eigenvalue weighted by Crippen LogP contribution is 2.30. The molecule has 2 aliphatic rings. The Balaban J connectivity index is 1.91. The van der Waals surface area contributed by atoms with Crippen LogP contribution < -0.4 is 11.0 Å². The summed E-state index contributed by atoms with van der Waals surface area (Å²) in [5, 5.41) is 0. The molecule has 0 spiro atoms. The Bertz CT molecular complexity index is 672. The summed E-state index contributed by atoms with van der Waals surface area (Å²) in [6, 6.07) is 0. The van der Waals surface area contributed by atoms with Gasteiger partial charge in [-0.2, -0.15) is 5.48 Å². The van der Waals surface area contributed by atoms with E-state index in [1.165, 1.54) is 12.8 Å². The average Bonchev–Trinajstić information content (AvgIpc) is 3.25. The quantitative estimate of drug-likeness (QED) is 0.478. The fraction of sp³-hybridized carbons (Fsp3) is 0.667. The van der Waals surface area contributed by atoms with Crippen LogP contribution in [0.25, 0.3) is 0 Å². The predicted octanol–water partition coefficient (Wildman–Crippen LogP) is 3.04. The van der Waals surface area contributed by atoms with Gasteiger partial charge in [0.05, 0.1) is 12.3 Å². The second kappa shape index (κ2) is 6.97. The molecule has 0 saturated heterocycles. The minimum absolute atomic E-state index is 0.114. The van der Waals surface area contributed by atoms with Crippen LogP contribution in [0.4, 0.5) is 5.69 Å². The Morgan fingerprint density at radius 3 is 2.91 bits per heavy atom. The minimum Gasteiger partial charge on any atom is -0.312 e. The summed E-state index contributed by atoms with van der Waals surface area (Å²) in [5.74, 6) is 0.730. The summed E-state index contributed by atoms with van der Waals surface area (Å²) in [5.41, 5.74) is 8.12. The van der Waals surface area contributed by atoms with E-state index in [0.717, 1.165) is 66.6 Å². The number of fused-ring (bicyclic) bond motifs is 1. The number of hydrogen-bond acceptors (Lipinski definition) is 4. The first-order valence-corrected chi connectivity index (χ1v) is 8.75. The van der Waals surface area contributed by atoms with E-state index in [0.29, 0.717) is 6.54 Å². The summed E-state index contributed by atoms with van der Waals surface area (Å²) in [7, 11) is 0. The normalized spacial score (nSPS) is 17.6. The lowest BCUT2D eigenvalue weighted by atomic mass is 10.1. The second-order valence-corrected chi connectivity index (χ2v) is 6.74. The first-order chi connectivity index (χ1) is 11.1. The van der Waals surface area contributed by atoms with Crippen molar-refractivity contribution in [1.82, 2.24) is 10.0 Å². The van der Waals surface area contributed by atoms with Crippen molar-refractivity contribution in [2.45, 2.75) is 66.0 Å². The highest BCUT2D eigenvalue weighted by molar-refractivity contribution is 5.85. The third-order valence-electron chi connectivity index (χ3n) is 4.86. The third kappa shape index (κ3) is 3.56. The zero-order valence-electron chi connectivity index (χ0n) is 14.4.